The van der Waals surface area contributed by atoms with Crippen LogP contribution in [0.25, 0.3) is 0 Å². The Morgan fingerprint density at radius 2 is 2.06 bits per heavy atom. The molecule has 0 amide bonds. The van der Waals surface area contributed by atoms with E-state index in [4.69, 9.17) is 5.73 Å². The predicted molar refractivity (Wildman–Crippen MR) is 68.3 cm³/mol. The first-order valence-electron chi connectivity index (χ1n) is 6.50. The molecule has 1 heterocycles. The number of rotatable bonds is 4. The third kappa shape index (κ3) is 3.19. The Morgan fingerprint density at radius 3 is 2.44 bits per heavy atom. The van der Waals surface area contributed by atoms with Crippen LogP contribution in [0.3, 0.4) is 0 Å². The number of nitrogens with two attached hydrogens (primary N) is 1. The van der Waals surface area contributed by atoms with Gasteiger partial charge in [0.1, 0.15) is 0 Å². The Morgan fingerprint density at radius 1 is 1.44 bits per heavy atom. The van der Waals surface area contributed by atoms with Crippen molar-refractivity contribution in [1.29, 1.82) is 0 Å². The van der Waals surface area contributed by atoms with Gasteiger partial charge in [-0.1, -0.05) is 27.7 Å². The molecule has 0 aromatic carbocycles. The number of hydrogen-bond donors (Lipinski definition) is 2. The Kier molecular flexibility index (Phi) is 4.77. The van der Waals surface area contributed by atoms with Gasteiger partial charge >= 0.3 is 0 Å². The van der Waals surface area contributed by atoms with Crippen molar-refractivity contribution < 1.29 is 5.11 Å². The van der Waals surface area contributed by atoms with Gasteiger partial charge in [0, 0.05) is 18.6 Å². The van der Waals surface area contributed by atoms with Gasteiger partial charge in [0.25, 0.3) is 0 Å². The SMILES string of the molecule is CCC(N)C(CO)N1CCC(C(C)(C)C)C1. The van der Waals surface area contributed by atoms with Gasteiger partial charge in [0.05, 0.1) is 6.61 Å². The molecule has 16 heavy (non-hydrogen) atoms. The first-order chi connectivity index (χ1) is 7.40. The molecule has 0 aliphatic carbocycles. The highest BCUT2D eigenvalue weighted by Gasteiger charge is 2.35. The van der Waals surface area contributed by atoms with Crippen LogP contribution in [-0.4, -0.2) is 41.8 Å². The summed E-state index contributed by atoms with van der Waals surface area (Å²) in [5, 5.41) is 9.46. The van der Waals surface area contributed by atoms with Crippen LogP contribution in [0.2, 0.25) is 0 Å². The van der Waals surface area contributed by atoms with Crippen LogP contribution in [0, 0.1) is 11.3 Å². The Balaban J connectivity index is 2.57. The van der Waals surface area contributed by atoms with Crippen molar-refractivity contribution in [2.45, 2.75) is 52.6 Å². The van der Waals surface area contributed by atoms with Gasteiger partial charge in [-0.15, -0.1) is 0 Å². The fourth-order valence-electron chi connectivity index (χ4n) is 2.59. The van der Waals surface area contributed by atoms with Gasteiger partial charge in [-0.25, -0.2) is 0 Å². The quantitative estimate of drug-likeness (QED) is 0.766. The molecule has 1 aliphatic rings. The molecule has 3 N–H and O–H groups in total. The molecule has 1 fully saturated rings. The third-order valence-electron chi connectivity index (χ3n) is 4.07. The maximum atomic E-state index is 9.46. The van der Waals surface area contributed by atoms with Crippen LogP contribution in [0.5, 0.6) is 0 Å². The number of hydrogen-bond acceptors (Lipinski definition) is 3. The van der Waals surface area contributed by atoms with E-state index in [0.717, 1.165) is 25.4 Å². The normalized spacial score (nSPS) is 27.0. The zero-order chi connectivity index (χ0) is 12.3. The molecule has 1 aliphatic heterocycles. The van der Waals surface area contributed by atoms with Gasteiger partial charge in [0.15, 0.2) is 0 Å². The van der Waals surface area contributed by atoms with E-state index in [-0.39, 0.29) is 18.7 Å². The second-order valence-corrected chi connectivity index (χ2v) is 6.17. The van der Waals surface area contributed by atoms with Crippen molar-refractivity contribution in [2.75, 3.05) is 19.7 Å². The largest absolute Gasteiger partial charge is 0.395 e. The summed E-state index contributed by atoms with van der Waals surface area (Å²) < 4.78 is 0. The Hall–Kier alpha value is -0.120. The minimum Gasteiger partial charge on any atom is -0.395 e. The molecule has 0 spiro atoms. The minimum atomic E-state index is 0.101. The fraction of sp³-hybridized carbons (Fsp3) is 1.00. The molecule has 0 radical (unpaired) electrons. The van der Waals surface area contributed by atoms with E-state index < -0.39 is 0 Å². The van der Waals surface area contributed by atoms with E-state index in [1.165, 1.54) is 6.42 Å². The van der Waals surface area contributed by atoms with Crippen LogP contribution >= 0.6 is 0 Å². The summed E-state index contributed by atoms with van der Waals surface area (Å²) in [6.45, 7) is 11.3. The van der Waals surface area contributed by atoms with Crippen LogP contribution in [-0.2, 0) is 0 Å². The second kappa shape index (κ2) is 5.48. The zero-order valence-corrected chi connectivity index (χ0v) is 11.2. The van der Waals surface area contributed by atoms with Crippen molar-refractivity contribution >= 4 is 0 Å². The standard InChI is InChI=1S/C13H28N2O/c1-5-11(14)12(9-16)15-7-6-10(8-15)13(2,3)4/h10-12,16H,5-9,14H2,1-4H3. The van der Waals surface area contributed by atoms with Crippen molar-refractivity contribution in [3.05, 3.63) is 0 Å². The fourth-order valence-corrected chi connectivity index (χ4v) is 2.59. The lowest BCUT2D eigenvalue weighted by Gasteiger charge is -2.32. The Bertz CT molecular complexity index is 212. The van der Waals surface area contributed by atoms with E-state index in [1.807, 2.05) is 0 Å². The highest BCUT2D eigenvalue weighted by molar-refractivity contribution is 4.90. The minimum absolute atomic E-state index is 0.101. The highest BCUT2D eigenvalue weighted by atomic mass is 16.3. The summed E-state index contributed by atoms with van der Waals surface area (Å²) in [5.74, 6) is 0.727. The first kappa shape index (κ1) is 13.9. The topological polar surface area (TPSA) is 49.5 Å². The maximum absolute atomic E-state index is 9.46. The molecule has 96 valence electrons. The van der Waals surface area contributed by atoms with Crippen molar-refractivity contribution in [3.8, 4) is 0 Å². The van der Waals surface area contributed by atoms with E-state index >= 15 is 0 Å². The van der Waals surface area contributed by atoms with Crippen molar-refractivity contribution in [3.63, 3.8) is 0 Å². The summed E-state index contributed by atoms with van der Waals surface area (Å²) in [6.07, 6.45) is 2.17. The van der Waals surface area contributed by atoms with Crippen molar-refractivity contribution in [2.24, 2.45) is 17.1 Å². The van der Waals surface area contributed by atoms with Gasteiger partial charge in [-0.2, -0.15) is 0 Å². The lowest BCUT2D eigenvalue weighted by Crippen LogP contribution is -2.49. The van der Waals surface area contributed by atoms with Gasteiger partial charge in [-0.05, 0) is 30.7 Å². The van der Waals surface area contributed by atoms with Gasteiger partial charge in [-0.3, -0.25) is 4.90 Å². The molecular weight excluding hydrogens is 200 g/mol. The first-order valence-corrected chi connectivity index (χ1v) is 6.50. The molecule has 3 heteroatoms. The predicted octanol–water partition coefficient (Wildman–Crippen LogP) is 1.45. The van der Waals surface area contributed by atoms with Gasteiger partial charge < -0.3 is 10.8 Å². The monoisotopic (exact) mass is 228 g/mol. The van der Waals surface area contributed by atoms with Crippen LogP contribution in [0.1, 0.15) is 40.5 Å². The summed E-state index contributed by atoms with van der Waals surface area (Å²) >= 11 is 0. The average molecular weight is 228 g/mol. The lowest BCUT2D eigenvalue weighted by atomic mass is 9.80. The number of nitrogens with zero attached hydrogens (tertiary/aromatic N) is 1. The van der Waals surface area contributed by atoms with E-state index in [9.17, 15) is 5.11 Å². The van der Waals surface area contributed by atoms with Crippen LogP contribution in [0.4, 0.5) is 0 Å². The number of aliphatic hydroxyl groups is 1. The second-order valence-electron chi connectivity index (χ2n) is 6.17. The molecule has 0 aromatic heterocycles. The van der Waals surface area contributed by atoms with Crippen molar-refractivity contribution in [1.82, 2.24) is 4.90 Å². The molecule has 0 saturated carbocycles. The molecule has 0 bridgehead atoms. The molecule has 1 rings (SSSR count). The molecular formula is C13H28N2O. The smallest absolute Gasteiger partial charge is 0.0601 e. The summed E-state index contributed by atoms with van der Waals surface area (Å²) in [5.41, 5.74) is 6.43. The average Bonchev–Trinajstić information content (AvgIpc) is 2.67. The molecule has 1 saturated heterocycles. The summed E-state index contributed by atoms with van der Waals surface area (Å²) in [4.78, 5) is 2.38. The summed E-state index contributed by atoms with van der Waals surface area (Å²) in [6, 6.07) is 0.251. The lowest BCUT2D eigenvalue weighted by molar-refractivity contribution is 0.112. The molecule has 3 unspecified atom stereocenters. The van der Waals surface area contributed by atoms with E-state index in [1.54, 1.807) is 0 Å². The molecule has 3 nitrogen and oxygen atoms in total. The molecule has 3 atom stereocenters. The highest BCUT2D eigenvalue weighted by Crippen LogP contribution is 2.34. The number of likely N-dealkylation sites (tertiary alicyclic amines) is 1. The third-order valence-corrected chi connectivity index (χ3v) is 4.07. The van der Waals surface area contributed by atoms with Crippen LogP contribution < -0.4 is 5.73 Å². The summed E-state index contributed by atoms with van der Waals surface area (Å²) in [7, 11) is 0. The number of aliphatic hydroxyl groups excluding tert-OH is 1. The van der Waals surface area contributed by atoms with E-state index in [0.29, 0.717) is 5.41 Å². The van der Waals surface area contributed by atoms with Gasteiger partial charge in [0.2, 0.25) is 0 Å². The zero-order valence-electron chi connectivity index (χ0n) is 11.2. The maximum Gasteiger partial charge on any atom is 0.0601 e. The van der Waals surface area contributed by atoms with E-state index in [2.05, 4.69) is 32.6 Å². The van der Waals surface area contributed by atoms with Crippen LogP contribution in [0.15, 0.2) is 0 Å². The Labute approximate surface area is 100 Å². The molecule has 0 aromatic rings.